The second kappa shape index (κ2) is 5.13. The number of aryl methyl sites for hydroxylation is 2. The Kier molecular flexibility index (Phi) is 3.02. The lowest BCUT2D eigenvalue weighted by Gasteiger charge is -2.39. The van der Waals surface area contributed by atoms with Crippen LogP contribution in [0.3, 0.4) is 0 Å². The van der Waals surface area contributed by atoms with Gasteiger partial charge in [-0.05, 0) is 47.7 Å². The van der Waals surface area contributed by atoms with Gasteiger partial charge >= 0.3 is 0 Å². The normalized spacial score (nSPS) is 24.2. The van der Waals surface area contributed by atoms with Crippen molar-refractivity contribution in [1.29, 1.82) is 0 Å². The van der Waals surface area contributed by atoms with Crippen molar-refractivity contribution in [2.45, 2.75) is 50.5 Å². The highest BCUT2D eigenvalue weighted by Gasteiger charge is 2.49. The van der Waals surface area contributed by atoms with Crippen LogP contribution in [0.4, 0.5) is 5.69 Å². The first kappa shape index (κ1) is 14.1. The van der Waals surface area contributed by atoms with E-state index in [0.29, 0.717) is 0 Å². The van der Waals surface area contributed by atoms with Gasteiger partial charge in [0.15, 0.2) is 5.82 Å². The van der Waals surface area contributed by atoms with Gasteiger partial charge in [0.1, 0.15) is 0 Å². The van der Waals surface area contributed by atoms with Gasteiger partial charge in [0.05, 0.1) is 0 Å². The molecule has 124 valence electrons. The van der Waals surface area contributed by atoms with Gasteiger partial charge in [-0.15, -0.1) is 5.10 Å². The molecular weight excluding hydrogens is 302 g/mol. The van der Waals surface area contributed by atoms with Crippen molar-refractivity contribution >= 4 is 11.6 Å². The van der Waals surface area contributed by atoms with E-state index in [-0.39, 0.29) is 17.2 Å². The molecule has 3 aliphatic rings. The topological polar surface area (TPSA) is 63.9 Å². The molecule has 1 fully saturated rings. The van der Waals surface area contributed by atoms with Gasteiger partial charge in [-0.1, -0.05) is 24.6 Å². The van der Waals surface area contributed by atoms with Crippen LogP contribution >= 0.6 is 0 Å². The predicted molar refractivity (Wildman–Crippen MR) is 88.6 cm³/mol. The molecule has 0 bridgehead atoms. The number of benzene rings is 1. The van der Waals surface area contributed by atoms with Crippen molar-refractivity contribution in [3.63, 3.8) is 0 Å². The molecule has 1 aliphatic carbocycles. The number of rotatable bonds is 1. The highest BCUT2D eigenvalue weighted by atomic mass is 16.2. The zero-order chi connectivity index (χ0) is 16.1. The second-order valence-corrected chi connectivity index (χ2v) is 7.42. The van der Waals surface area contributed by atoms with Gasteiger partial charge in [-0.2, -0.15) is 0 Å². The third kappa shape index (κ3) is 1.95. The molecule has 1 amide bonds. The number of anilines is 1. The van der Waals surface area contributed by atoms with Crippen LogP contribution < -0.4 is 4.90 Å². The summed E-state index contributed by atoms with van der Waals surface area (Å²) in [7, 11) is 0. The molecule has 6 nitrogen and oxygen atoms in total. The summed E-state index contributed by atoms with van der Waals surface area (Å²) in [5.74, 6) is 1.24. The molecule has 24 heavy (non-hydrogen) atoms. The third-order valence-electron chi connectivity index (χ3n) is 6.16. The largest absolute Gasteiger partial charge is 0.311 e. The Labute approximate surface area is 140 Å². The van der Waals surface area contributed by atoms with Gasteiger partial charge in [0.25, 0.3) is 0 Å². The molecule has 6 heteroatoms. The van der Waals surface area contributed by atoms with E-state index in [1.54, 1.807) is 0 Å². The standard InChI is InChI=1S/C18H21N5O/c24-17(13-6-7-16-19-20-21-23(16)11-8-13)22-12-18(9-3-10-18)14-4-1-2-5-15(14)22/h1-2,4-5,13H,3,6-12H2. The van der Waals surface area contributed by atoms with Crippen molar-refractivity contribution < 1.29 is 4.79 Å². The minimum Gasteiger partial charge on any atom is -0.311 e. The highest BCUT2D eigenvalue weighted by Crippen LogP contribution is 2.52. The van der Waals surface area contributed by atoms with Crippen molar-refractivity contribution in [2.75, 3.05) is 11.4 Å². The minimum absolute atomic E-state index is 0.0526. The van der Waals surface area contributed by atoms with Crippen LogP contribution in [0.25, 0.3) is 0 Å². The summed E-state index contributed by atoms with van der Waals surface area (Å²) in [6.07, 6.45) is 6.14. The van der Waals surface area contributed by atoms with Crippen LogP contribution in [0, 0.1) is 5.92 Å². The van der Waals surface area contributed by atoms with E-state index < -0.39 is 0 Å². The quantitative estimate of drug-likeness (QED) is 0.806. The molecule has 1 saturated carbocycles. The Morgan fingerprint density at radius 3 is 2.92 bits per heavy atom. The molecule has 5 rings (SSSR count). The summed E-state index contributed by atoms with van der Waals surface area (Å²) in [5, 5.41) is 11.8. The van der Waals surface area contributed by atoms with Crippen LogP contribution in [0.5, 0.6) is 0 Å². The number of nitrogens with zero attached hydrogens (tertiary/aromatic N) is 5. The molecule has 0 N–H and O–H groups in total. The Hall–Kier alpha value is -2.24. The summed E-state index contributed by atoms with van der Waals surface area (Å²) < 4.78 is 1.85. The number of carbonyl (C=O) groups is 1. The number of aromatic nitrogens is 4. The Balaban J connectivity index is 1.41. The first-order chi connectivity index (χ1) is 11.8. The van der Waals surface area contributed by atoms with Crippen LogP contribution in [-0.2, 0) is 23.2 Å². The summed E-state index contributed by atoms with van der Waals surface area (Å²) in [5.41, 5.74) is 2.76. The maximum absolute atomic E-state index is 13.3. The molecule has 1 spiro atoms. The Bertz CT molecular complexity index is 772. The number of fused-ring (bicyclic) bond motifs is 3. The van der Waals surface area contributed by atoms with Crippen LogP contribution in [-0.4, -0.2) is 32.7 Å². The van der Waals surface area contributed by atoms with Crippen molar-refractivity contribution in [3.8, 4) is 0 Å². The SMILES string of the molecule is O=C(C1CCc2nnnn2CC1)N1CC2(CCC2)c2ccccc21. The number of para-hydroxylation sites is 1. The summed E-state index contributed by atoms with van der Waals surface area (Å²) in [6.45, 7) is 1.60. The molecule has 2 aromatic rings. The van der Waals surface area contributed by atoms with E-state index in [4.69, 9.17) is 0 Å². The fourth-order valence-electron chi connectivity index (χ4n) is 4.63. The average molecular weight is 323 g/mol. The number of hydrogen-bond acceptors (Lipinski definition) is 4. The first-order valence-electron chi connectivity index (χ1n) is 8.93. The monoisotopic (exact) mass is 323 g/mol. The summed E-state index contributed by atoms with van der Waals surface area (Å²) >= 11 is 0. The van der Waals surface area contributed by atoms with Gasteiger partial charge in [0, 0.05) is 36.5 Å². The molecule has 2 aliphatic heterocycles. The van der Waals surface area contributed by atoms with E-state index in [1.165, 1.54) is 24.8 Å². The summed E-state index contributed by atoms with van der Waals surface area (Å²) in [6, 6.07) is 8.50. The maximum Gasteiger partial charge on any atom is 0.230 e. The number of amides is 1. The van der Waals surface area contributed by atoms with Gasteiger partial charge < -0.3 is 4.90 Å². The molecular formula is C18H21N5O. The lowest BCUT2D eigenvalue weighted by molar-refractivity contribution is -0.122. The number of tetrazole rings is 1. The molecule has 0 radical (unpaired) electrons. The van der Waals surface area contributed by atoms with Crippen LogP contribution in [0.1, 0.15) is 43.5 Å². The Morgan fingerprint density at radius 1 is 1.21 bits per heavy atom. The molecule has 1 aromatic carbocycles. The zero-order valence-electron chi connectivity index (χ0n) is 13.7. The lowest BCUT2D eigenvalue weighted by atomic mass is 9.66. The second-order valence-electron chi connectivity index (χ2n) is 7.42. The van der Waals surface area contributed by atoms with Crippen molar-refractivity contribution in [2.24, 2.45) is 5.92 Å². The van der Waals surface area contributed by atoms with E-state index in [0.717, 1.165) is 43.9 Å². The predicted octanol–water partition coefficient (Wildman–Crippen LogP) is 2.09. The van der Waals surface area contributed by atoms with Gasteiger partial charge in [-0.3, -0.25) is 4.79 Å². The number of hydrogen-bond donors (Lipinski definition) is 0. The van der Waals surface area contributed by atoms with Crippen LogP contribution in [0.15, 0.2) is 24.3 Å². The molecule has 0 saturated heterocycles. The van der Waals surface area contributed by atoms with E-state index in [2.05, 4.69) is 44.7 Å². The van der Waals surface area contributed by atoms with E-state index in [9.17, 15) is 4.79 Å². The molecule has 1 atom stereocenters. The highest BCUT2D eigenvalue weighted by molar-refractivity contribution is 5.98. The molecule has 1 aromatic heterocycles. The van der Waals surface area contributed by atoms with Crippen molar-refractivity contribution in [1.82, 2.24) is 20.2 Å². The van der Waals surface area contributed by atoms with E-state index >= 15 is 0 Å². The van der Waals surface area contributed by atoms with E-state index in [1.807, 2.05) is 4.68 Å². The fraction of sp³-hybridized carbons (Fsp3) is 0.556. The minimum atomic E-state index is 0.0526. The maximum atomic E-state index is 13.3. The summed E-state index contributed by atoms with van der Waals surface area (Å²) in [4.78, 5) is 15.3. The zero-order valence-corrected chi connectivity index (χ0v) is 13.7. The number of carbonyl (C=O) groups excluding carboxylic acids is 1. The smallest absolute Gasteiger partial charge is 0.230 e. The third-order valence-corrected chi connectivity index (χ3v) is 6.16. The molecule has 1 unspecified atom stereocenters. The lowest BCUT2D eigenvalue weighted by Crippen LogP contribution is -2.43. The fourth-order valence-corrected chi connectivity index (χ4v) is 4.63. The van der Waals surface area contributed by atoms with Crippen LogP contribution in [0.2, 0.25) is 0 Å². The van der Waals surface area contributed by atoms with Crippen molar-refractivity contribution in [3.05, 3.63) is 35.7 Å². The Morgan fingerprint density at radius 2 is 2.08 bits per heavy atom. The first-order valence-corrected chi connectivity index (χ1v) is 8.93. The van der Waals surface area contributed by atoms with Gasteiger partial charge in [-0.25, -0.2) is 4.68 Å². The average Bonchev–Trinajstić information content (AvgIpc) is 3.11. The molecule has 3 heterocycles. The van der Waals surface area contributed by atoms with Gasteiger partial charge in [0.2, 0.25) is 5.91 Å².